The smallest absolute Gasteiger partial charge is 0.261 e. The Bertz CT molecular complexity index is 1010. The molecular formula is C21H14N2O2S. The van der Waals surface area contributed by atoms with E-state index in [0.29, 0.717) is 23.2 Å². The van der Waals surface area contributed by atoms with E-state index in [1.165, 1.54) is 4.90 Å². The number of aromatic nitrogens is 1. The van der Waals surface area contributed by atoms with Gasteiger partial charge in [0.25, 0.3) is 11.8 Å². The Morgan fingerprint density at radius 1 is 0.923 bits per heavy atom. The number of rotatable bonds is 3. The zero-order valence-corrected chi connectivity index (χ0v) is 14.6. The van der Waals surface area contributed by atoms with Crippen molar-refractivity contribution in [2.75, 3.05) is 6.54 Å². The van der Waals surface area contributed by atoms with Crippen LogP contribution in [0.5, 0.6) is 0 Å². The van der Waals surface area contributed by atoms with Gasteiger partial charge < -0.3 is 0 Å². The summed E-state index contributed by atoms with van der Waals surface area (Å²) in [6.07, 6.45) is 0.420. The van der Waals surface area contributed by atoms with Gasteiger partial charge in [0.05, 0.1) is 11.1 Å². The Hall–Kier alpha value is -3.23. The molecule has 0 N–H and O–H groups in total. The molecule has 4 nitrogen and oxygen atoms in total. The van der Waals surface area contributed by atoms with Crippen LogP contribution in [0.15, 0.2) is 60.0 Å². The first kappa shape index (κ1) is 16.2. The van der Waals surface area contributed by atoms with E-state index in [4.69, 9.17) is 0 Å². The number of carbonyl (C=O) groups excluding carboxylic acids is 2. The summed E-state index contributed by atoms with van der Waals surface area (Å²) < 4.78 is 0. The van der Waals surface area contributed by atoms with E-state index in [-0.39, 0.29) is 18.4 Å². The first-order valence-electron chi connectivity index (χ1n) is 8.19. The molecule has 2 aromatic carbocycles. The van der Waals surface area contributed by atoms with E-state index in [0.717, 1.165) is 10.6 Å². The van der Waals surface area contributed by atoms with Gasteiger partial charge in [0.1, 0.15) is 10.7 Å². The fourth-order valence-corrected chi connectivity index (χ4v) is 3.57. The molecule has 1 aromatic heterocycles. The van der Waals surface area contributed by atoms with Gasteiger partial charge >= 0.3 is 0 Å². The zero-order chi connectivity index (χ0) is 17.9. The molecule has 0 atom stereocenters. The molecule has 1 aliphatic rings. The molecule has 0 unspecified atom stereocenters. The van der Waals surface area contributed by atoms with Gasteiger partial charge in [-0.25, -0.2) is 4.98 Å². The van der Waals surface area contributed by atoms with Crippen molar-refractivity contribution in [1.29, 1.82) is 0 Å². The first-order valence-corrected chi connectivity index (χ1v) is 9.07. The van der Waals surface area contributed by atoms with Gasteiger partial charge in [-0.15, -0.1) is 11.3 Å². The minimum absolute atomic E-state index is 0.243. The molecule has 0 bridgehead atoms. The summed E-state index contributed by atoms with van der Waals surface area (Å²) in [5.74, 6) is 5.53. The highest BCUT2D eigenvalue weighted by atomic mass is 32.1. The second kappa shape index (κ2) is 6.95. The van der Waals surface area contributed by atoms with Crippen LogP contribution >= 0.6 is 11.3 Å². The number of hydrogen-bond donors (Lipinski definition) is 0. The third kappa shape index (κ3) is 3.03. The quantitative estimate of drug-likeness (QED) is 0.528. The molecule has 1 aliphatic heterocycles. The Morgan fingerprint density at radius 3 is 2.27 bits per heavy atom. The maximum atomic E-state index is 12.3. The monoisotopic (exact) mass is 358 g/mol. The molecule has 2 heterocycles. The topological polar surface area (TPSA) is 50.3 Å². The summed E-state index contributed by atoms with van der Waals surface area (Å²) in [6, 6.07) is 16.8. The predicted octanol–water partition coefficient (Wildman–Crippen LogP) is 3.85. The van der Waals surface area contributed by atoms with Gasteiger partial charge in [-0.2, -0.15) is 0 Å². The minimum atomic E-state index is -0.243. The fraction of sp³-hybridized carbons (Fsp3) is 0.0952. The molecular weight excluding hydrogens is 344 g/mol. The number of hydrogen-bond acceptors (Lipinski definition) is 4. The Balaban J connectivity index is 1.40. The summed E-state index contributed by atoms with van der Waals surface area (Å²) >= 11 is 1.55. The van der Waals surface area contributed by atoms with Crippen LogP contribution in [-0.2, 0) is 0 Å². The molecule has 3 aromatic rings. The summed E-state index contributed by atoms with van der Waals surface area (Å²) in [7, 11) is 0. The zero-order valence-electron chi connectivity index (χ0n) is 13.8. The van der Waals surface area contributed by atoms with E-state index in [1.807, 2.05) is 35.7 Å². The molecule has 2 amide bonds. The molecule has 5 heteroatoms. The molecule has 4 rings (SSSR count). The third-order valence-electron chi connectivity index (χ3n) is 4.08. The third-order valence-corrected chi connectivity index (χ3v) is 4.97. The Morgan fingerprint density at radius 2 is 1.58 bits per heavy atom. The highest BCUT2D eigenvalue weighted by Gasteiger charge is 2.34. The average molecular weight is 358 g/mol. The fourth-order valence-electron chi connectivity index (χ4n) is 2.81. The van der Waals surface area contributed by atoms with E-state index < -0.39 is 0 Å². The highest BCUT2D eigenvalue weighted by molar-refractivity contribution is 7.13. The van der Waals surface area contributed by atoms with Crippen molar-refractivity contribution in [3.63, 3.8) is 0 Å². The van der Waals surface area contributed by atoms with Gasteiger partial charge in [0.15, 0.2) is 0 Å². The highest BCUT2D eigenvalue weighted by Crippen LogP contribution is 2.23. The van der Waals surface area contributed by atoms with Crippen molar-refractivity contribution >= 4 is 23.2 Å². The van der Waals surface area contributed by atoms with Gasteiger partial charge in [-0.1, -0.05) is 48.4 Å². The maximum absolute atomic E-state index is 12.3. The SMILES string of the molecule is O=C1c2ccccc2C(=O)N1CCC#Cc1csc(-c2ccccc2)n1. The van der Waals surface area contributed by atoms with Crippen LogP contribution in [0.4, 0.5) is 0 Å². The number of nitrogens with zero attached hydrogens (tertiary/aromatic N) is 2. The summed E-state index contributed by atoms with van der Waals surface area (Å²) in [5.41, 5.74) is 2.71. The summed E-state index contributed by atoms with van der Waals surface area (Å²) in [6.45, 7) is 0.287. The number of fused-ring (bicyclic) bond motifs is 1. The first-order chi connectivity index (χ1) is 12.7. The van der Waals surface area contributed by atoms with E-state index >= 15 is 0 Å². The maximum Gasteiger partial charge on any atom is 0.261 e. The summed E-state index contributed by atoms with van der Waals surface area (Å²) in [5, 5.41) is 2.84. The number of amides is 2. The predicted molar refractivity (Wildman–Crippen MR) is 101 cm³/mol. The average Bonchev–Trinajstić information content (AvgIpc) is 3.25. The van der Waals surface area contributed by atoms with Crippen LogP contribution in [0.2, 0.25) is 0 Å². The molecule has 0 saturated heterocycles. The normalized spacial score (nSPS) is 12.7. The van der Waals surface area contributed by atoms with E-state index in [9.17, 15) is 9.59 Å². The van der Waals surface area contributed by atoms with E-state index in [1.54, 1.807) is 35.6 Å². The van der Waals surface area contributed by atoms with Gasteiger partial charge in [0.2, 0.25) is 0 Å². The van der Waals surface area contributed by atoms with Crippen molar-refractivity contribution in [3.8, 4) is 22.4 Å². The molecule has 0 spiro atoms. The minimum Gasteiger partial charge on any atom is -0.273 e. The van der Waals surface area contributed by atoms with Gasteiger partial charge in [-0.3, -0.25) is 14.5 Å². The number of carbonyl (C=O) groups is 2. The Kier molecular flexibility index (Phi) is 4.34. The lowest BCUT2D eigenvalue weighted by molar-refractivity contribution is 0.0658. The number of imide groups is 1. The van der Waals surface area contributed by atoms with Crippen molar-refractivity contribution in [3.05, 3.63) is 76.8 Å². The van der Waals surface area contributed by atoms with Crippen molar-refractivity contribution in [2.24, 2.45) is 0 Å². The second-order valence-electron chi connectivity index (χ2n) is 5.76. The number of thiazole rings is 1. The second-order valence-corrected chi connectivity index (χ2v) is 6.62. The standard InChI is InChI=1S/C21H14N2O2S/c24-20-17-11-4-5-12-18(17)21(25)23(20)13-7-6-10-16-14-26-19(22-16)15-8-2-1-3-9-15/h1-5,8-9,11-12,14H,7,13H2. The van der Waals surface area contributed by atoms with Crippen molar-refractivity contribution in [1.82, 2.24) is 9.88 Å². The molecule has 0 saturated carbocycles. The summed E-state index contributed by atoms with van der Waals surface area (Å²) in [4.78, 5) is 30.3. The molecule has 26 heavy (non-hydrogen) atoms. The van der Waals surface area contributed by atoms with E-state index in [2.05, 4.69) is 16.8 Å². The van der Waals surface area contributed by atoms with Crippen LogP contribution in [0.25, 0.3) is 10.6 Å². The Labute approximate surface area is 155 Å². The lowest BCUT2D eigenvalue weighted by Crippen LogP contribution is -2.30. The molecule has 0 radical (unpaired) electrons. The molecule has 126 valence electrons. The molecule has 0 aliphatic carbocycles. The van der Waals surface area contributed by atoms with Crippen LogP contribution < -0.4 is 0 Å². The van der Waals surface area contributed by atoms with Crippen LogP contribution in [0.3, 0.4) is 0 Å². The number of benzene rings is 2. The largest absolute Gasteiger partial charge is 0.273 e. The van der Waals surface area contributed by atoms with Gasteiger partial charge in [-0.05, 0) is 18.1 Å². The van der Waals surface area contributed by atoms with Crippen LogP contribution in [0.1, 0.15) is 32.8 Å². The van der Waals surface area contributed by atoms with Crippen LogP contribution in [-0.4, -0.2) is 28.2 Å². The van der Waals surface area contributed by atoms with Gasteiger partial charge in [0, 0.05) is 23.9 Å². The molecule has 0 fully saturated rings. The lowest BCUT2D eigenvalue weighted by atomic mass is 10.1. The van der Waals surface area contributed by atoms with Crippen molar-refractivity contribution in [2.45, 2.75) is 6.42 Å². The van der Waals surface area contributed by atoms with Crippen LogP contribution in [0, 0.1) is 11.8 Å². The lowest BCUT2D eigenvalue weighted by Gasteiger charge is -2.10. The van der Waals surface area contributed by atoms with Crippen molar-refractivity contribution < 1.29 is 9.59 Å².